The van der Waals surface area contributed by atoms with Crippen LogP contribution in [0.25, 0.3) is 22.2 Å². The first-order chi connectivity index (χ1) is 18.7. The van der Waals surface area contributed by atoms with Gasteiger partial charge in [0.25, 0.3) is 0 Å². The average molecular weight is 539 g/mol. The maximum absolute atomic E-state index is 13.8. The zero-order valence-corrected chi connectivity index (χ0v) is 21.7. The summed E-state index contributed by atoms with van der Waals surface area (Å²) in [5.41, 5.74) is 2.22. The quantitative estimate of drug-likeness (QED) is 0.370. The lowest BCUT2D eigenvalue weighted by molar-refractivity contribution is -0.138. The van der Waals surface area contributed by atoms with Crippen molar-refractivity contribution in [3.63, 3.8) is 0 Å². The Morgan fingerprint density at radius 3 is 2.59 bits per heavy atom. The van der Waals surface area contributed by atoms with E-state index in [9.17, 15) is 18.0 Å². The molecule has 1 saturated heterocycles. The van der Waals surface area contributed by atoms with Gasteiger partial charge in [0.2, 0.25) is 5.91 Å². The molecular weight excluding hydrogens is 509 g/mol. The van der Waals surface area contributed by atoms with Gasteiger partial charge in [-0.2, -0.15) is 18.3 Å². The highest BCUT2D eigenvalue weighted by Crippen LogP contribution is 2.34. The second-order valence-corrected chi connectivity index (χ2v) is 9.69. The van der Waals surface area contributed by atoms with Crippen molar-refractivity contribution in [1.82, 2.24) is 29.5 Å². The molecule has 1 aliphatic rings. The van der Waals surface area contributed by atoms with Crippen LogP contribution in [-0.4, -0.2) is 75.2 Å². The molecule has 0 bridgehead atoms. The number of halogens is 3. The number of alkyl halides is 3. The molecule has 2 aromatic heterocycles. The van der Waals surface area contributed by atoms with Gasteiger partial charge < -0.3 is 15.5 Å². The van der Waals surface area contributed by atoms with Crippen molar-refractivity contribution in [2.45, 2.75) is 12.7 Å². The molecular formula is C27H29F3N8O. The summed E-state index contributed by atoms with van der Waals surface area (Å²) in [5.74, 6) is -0.0937. The van der Waals surface area contributed by atoms with Crippen molar-refractivity contribution >= 4 is 28.3 Å². The number of nitrogens with zero attached hydrogens (tertiary/aromatic N) is 6. The van der Waals surface area contributed by atoms with E-state index >= 15 is 0 Å². The van der Waals surface area contributed by atoms with Gasteiger partial charge in [-0.05, 0) is 36.9 Å². The zero-order valence-electron chi connectivity index (χ0n) is 21.7. The Labute approximate surface area is 223 Å². The van der Waals surface area contributed by atoms with Gasteiger partial charge in [-0.3, -0.25) is 14.4 Å². The molecule has 204 valence electrons. The number of carbonyl (C=O) groups excluding carboxylic acids is 1. The Balaban J connectivity index is 1.23. The topological polar surface area (TPSA) is 91.2 Å². The van der Waals surface area contributed by atoms with Crippen molar-refractivity contribution in [1.29, 1.82) is 0 Å². The summed E-state index contributed by atoms with van der Waals surface area (Å²) in [6, 6.07) is 11.6. The Hall–Kier alpha value is -4.03. The summed E-state index contributed by atoms with van der Waals surface area (Å²) in [6.07, 6.45) is -1.29. The van der Waals surface area contributed by atoms with Crippen LogP contribution in [0.2, 0.25) is 0 Å². The summed E-state index contributed by atoms with van der Waals surface area (Å²) >= 11 is 0. The van der Waals surface area contributed by atoms with Gasteiger partial charge in [0, 0.05) is 68.7 Å². The number of fused-ring (bicyclic) bond motifs is 1. The minimum Gasteiger partial charge on any atom is -0.376 e. The number of benzene rings is 2. The number of aryl methyl sites for hydroxylation is 1. The smallest absolute Gasteiger partial charge is 0.376 e. The molecule has 2 N–H and O–H groups in total. The van der Waals surface area contributed by atoms with E-state index in [4.69, 9.17) is 0 Å². The van der Waals surface area contributed by atoms with Gasteiger partial charge in [0.1, 0.15) is 6.33 Å². The van der Waals surface area contributed by atoms with E-state index in [-0.39, 0.29) is 24.3 Å². The van der Waals surface area contributed by atoms with Crippen LogP contribution in [0, 0.1) is 0 Å². The van der Waals surface area contributed by atoms with E-state index in [1.807, 2.05) is 30.1 Å². The lowest BCUT2D eigenvalue weighted by atomic mass is 10.0. The summed E-state index contributed by atoms with van der Waals surface area (Å²) in [4.78, 5) is 25.0. The molecule has 0 unspecified atom stereocenters. The lowest BCUT2D eigenvalue weighted by Crippen LogP contribution is -2.44. The SMILES string of the molecule is CN1CCN(Cc2ccc(NCC(=O)Nc3cc(-c4ccc5ncncc5c4)n(C)n3)cc2C(F)(F)F)CC1. The van der Waals surface area contributed by atoms with Crippen LogP contribution in [0.1, 0.15) is 11.1 Å². The molecule has 12 heteroatoms. The van der Waals surface area contributed by atoms with Crippen molar-refractivity contribution in [3.8, 4) is 11.3 Å². The number of hydrogen-bond acceptors (Lipinski definition) is 7. The first-order valence-electron chi connectivity index (χ1n) is 12.5. The van der Waals surface area contributed by atoms with Crippen molar-refractivity contribution < 1.29 is 18.0 Å². The molecule has 9 nitrogen and oxygen atoms in total. The molecule has 1 fully saturated rings. The molecule has 5 rings (SSSR count). The van der Waals surface area contributed by atoms with Crippen molar-refractivity contribution in [2.24, 2.45) is 7.05 Å². The van der Waals surface area contributed by atoms with E-state index in [0.717, 1.165) is 54.4 Å². The van der Waals surface area contributed by atoms with E-state index < -0.39 is 17.6 Å². The number of aromatic nitrogens is 4. The highest BCUT2D eigenvalue weighted by Gasteiger charge is 2.34. The number of amides is 1. The minimum atomic E-state index is -4.50. The number of rotatable bonds is 7. The maximum Gasteiger partial charge on any atom is 0.416 e. The molecule has 0 saturated carbocycles. The molecule has 3 heterocycles. The third-order valence-corrected chi connectivity index (χ3v) is 6.81. The number of likely N-dealkylation sites (N-methyl/N-ethyl adjacent to an activating group) is 1. The maximum atomic E-state index is 13.8. The fourth-order valence-electron chi connectivity index (χ4n) is 4.65. The number of nitrogens with one attached hydrogen (secondary N) is 2. The van der Waals surface area contributed by atoms with Crippen LogP contribution in [-0.2, 0) is 24.6 Å². The minimum absolute atomic E-state index is 0.214. The Kier molecular flexibility index (Phi) is 7.49. The van der Waals surface area contributed by atoms with Gasteiger partial charge in [0.15, 0.2) is 5.82 Å². The molecule has 39 heavy (non-hydrogen) atoms. The highest BCUT2D eigenvalue weighted by molar-refractivity contribution is 5.93. The second-order valence-electron chi connectivity index (χ2n) is 9.69. The molecule has 2 aromatic carbocycles. The Bertz CT molecular complexity index is 1480. The number of anilines is 2. The van der Waals surface area contributed by atoms with Gasteiger partial charge in [-0.15, -0.1) is 0 Å². The Morgan fingerprint density at radius 1 is 1.03 bits per heavy atom. The van der Waals surface area contributed by atoms with Crippen LogP contribution in [0.5, 0.6) is 0 Å². The van der Waals surface area contributed by atoms with E-state index in [0.29, 0.717) is 5.82 Å². The summed E-state index contributed by atoms with van der Waals surface area (Å²) in [5, 5.41) is 10.7. The number of carbonyl (C=O) groups is 1. The standard InChI is InChI=1S/C27H29F3N8O/c1-36-7-9-38(10-8-36)16-19-3-5-21(12-22(19)27(28,29)30)32-15-26(39)34-25-13-24(37(2)35-25)18-4-6-23-20(11-18)14-31-17-33-23/h3-6,11-14,17,32H,7-10,15-16H2,1-2H3,(H,34,35,39). The van der Waals surface area contributed by atoms with Gasteiger partial charge in [0.05, 0.1) is 23.3 Å². The molecule has 1 aliphatic heterocycles. The fraction of sp³-hybridized carbons (Fsp3) is 0.333. The van der Waals surface area contributed by atoms with Gasteiger partial charge in [-0.1, -0.05) is 12.1 Å². The molecule has 0 aliphatic carbocycles. The summed E-state index contributed by atoms with van der Waals surface area (Å²) in [6.45, 7) is 3.11. The predicted molar refractivity (Wildman–Crippen MR) is 143 cm³/mol. The van der Waals surface area contributed by atoms with E-state index in [2.05, 4.69) is 30.6 Å². The van der Waals surface area contributed by atoms with Crippen LogP contribution >= 0.6 is 0 Å². The van der Waals surface area contributed by atoms with Gasteiger partial charge in [-0.25, -0.2) is 9.97 Å². The number of hydrogen-bond donors (Lipinski definition) is 2. The Morgan fingerprint density at radius 2 is 1.82 bits per heavy atom. The van der Waals surface area contributed by atoms with E-state index in [1.165, 1.54) is 12.4 Å². The van der Waals surface area contributed by atoms with Crippen LogP contribution in [0.3, 0.4) is 0 Å². The van der Waals surface area contributed by atoms with Crippen LogP contribution < -0.4 is 10.6 Å². The highest BCUT2D eigenvalue weighted by atomic mass is 19.4. The summed E-state index contributed by atoms with van der Waals surface area (Å²) < 4.78 is 43.2. The van der Waals surface area contributed by atoms with Crippen LogP contribution in [0.15, 0.2) is 55.0 Å². The molecule has 0 radical (unpaired) electrons. The zero-order chi connectivity index (χ0) is 27.6. The molecule has 0 atom stereocenters. The van der Waals surface area contributed by atoms with Crippen molar-refractivity contribution in [3.05, 3.63) is 66.1 Å². The van der Waals surface area contributed by atoms with Crippen LogP contribution in [0.4, 0.5) is 24.7 Å². The predicted octanol–water partition coefficient (Wildman–Crippen LogP) is 3.85. The normalized spacial score (nSPS) is 15.0. The fourth-order valence-corrected chi connectivity index (χ4v) is 4.65. The summed E-state index contributed by atoms with van der Waals surface area (Å²) in [7, 11) is 3.76. The van der Waals surface area contributed by atoms with Crippen molar-refractivity contribution in [2.75, 3.05) is 50.4 Å². The first kappa shape index (κ1) is 26.6. The molecule has 1 amide bonds. The second kappa shape index (κ2) is 11.0. The van der Waals surface area contributed by atoms with Gasteiger partial charge >= 0.3 is 6.18 Å². The third kappa shape index (κ3) is 6.35. The third-order valence-electron chi connectivity index (χ3n) is 6.81. The average Bonchev–Trinajstić information content (AvgIpc) is 3.28. The first-order valence-corrected chi connectivity index (χ1v) is 12.5. The molecule has 0 spiro atoms. The monoisotopic (exact) mass is 538 g/mol. The van der Waals surface area contributed by atoms with E-state index in [1.54, 1.807) is 30.1 Å². The number of piperazine rings is 1. The molecule has 4 aromatic rings. The lowest BCUT2D eigenvalue weighted by Gasteiger charge is -2.33. The largest absolute Gasteiger partial charge is 0.416 e.